The van der Waals surface area contributed by atoms with Crippen LogP contribution < -0.4 is 9.47 Å². The molecule has 0 aliphatic carbocycles. The number of fused-ring (bicyclic) bond motifs is 1. The Morgan fingerprint density at radius 3 is 3.00 bits per heavy atom. The van der Waals surface area contributed by atoms with Gasteiger partial charge in [-0.25, -0.2) is 0 Å². The van der Waals surface area contributed by atoms with Crippen LogP contribution in [0.1, 0.15) is 0 Å². The summed E-state index contributed by atoms with van der Waals surface area (Å²) in [5, 5.41) is 0. The van der Waals surface area contributed by atoms with Crippen molar-refractivity contribution in [3.8, 4) is 11.6 Å². The fourth-order valence-electron chi connectivity index (χ4n) is 0.722. The van der Waals surface area contributed by atoms with E-state index in [0.717, 1.165) is 5.75 Å². The van der Waals surface area contributed by atoms with Crippen molar-refractivity contribution in [1.82, 2.24) is 4.98 Å². The molecule has 3 heteroatoms. The van der Waals surface area contributed by atoms with Gasteiger partial charge < -0.3 is 14.5 Å². The number of hydrogen-bond donors (Lipinski definition) is 1. The van der Waals surface area contributed by atoms with Crippen molar-refractivity contribution < 1.29 is 9.47 Å². The lowest BCUT2D eigenvalue weighted by Crippen LogP contribution is -1.93. The van der Waals surface area contributed by atoms with Gasteiger partial charge in [0.25, 0.3) is 0 Å². The number of hydrogen-bond acceptors (Lipinski definition) is 2. The van der Waals surface area contributed by atoms with E-state index in [4.69, 9.17) is 9.47 Å². The van der Waals surface area contributed by atoms with E-state index in [9.17, 15) is 0 Å². The Labute approximate surface area is 51.9 Å². The molecule has 0 spiro atoms. The summed E-state index contributed by atoms with van der Waals surface area (Å²) in [6.45, 7) is 0. The molecule has 1 aromatic rings. The zero-order valence-electron chi connectivity index (χ0n) is 4.63. The third-order valence-electron chi connectivity index (χ3n) is 1.11. The lowest BCUT2D eigenvalue weighted by Gasteiger charge is -2.05. The molecule has 9 heavy (non-hydrogen) atoms. The predicted octanol–water partition coefficient (Wildman–Crippen LogP) is 1.26. The highest BCUT2D eigenvalue weighted by atomic mass is 16.5. The zero-order chi connectivity index (χ0) is 6.10. The van der Waals surface area contributed by atoms with Gasteiger partial charge >= 0.3 is 0 Å². The fourth-order valence-corrected chi connectivity index (χ4v) is 0.722. The van der Waals surface area contributed by atoms with Crippen molar-refractivity contribution in [2.24, 2.45) is 0 Å². The average Bonchev–Trinajstić information content (AvgIpc) is 2.33. The lowest BCUT2D eigenvalue weighted by molar-refractivity contribution is 0.355. The van der Waals surface area contributed by atoms with Gasteiger partial charge in [0.05, 0.1) is 0 Å². The first-order chi connectivity index (χ1) is 4.47. The summed E-state index contributed by atoms with van der Waals surface area (Å²) >= 11 is 0. The Bertz CT molecular complexity index is 216. The second kappa shape index (κ2) is 1.55. The highest BCUT2D eigenvalue weighted by molar-refractivity contribution is 5.36. The van der Waals surface area contributed by atoms with E-state index in [1.54, 1.807) is 12.3 Å². The van der Waals surface area contributed by atoms with Gasteiger partial charge in [-0.3, -0.25) is 0 Å². The van der Waals surface area contributed by atoms with Crippen molar-refractivity contribution in [2.75, 3.05) is 0 Å². The largest absolute Gasteiger partial charge is 0.456 e. The van der Waals surface area contributed by atoms with Gasteiger partial charge in [0.15, 0.2) is 5.75 Å². The Morgan fingerprint density at radius 1 is 1.22 bits per heavy atom. The minimum absolute atomic E-state index is 0.664. The molecule has 0 radical (unpaired) electrons. The van der Waals surface area contributed by atoms with Gasteiger partial charge in [0.2, 0.25) is 5.88 Å². The summed E-state index contributed by atoms with van der Waals surface area (Å²) in [6.07, 6.45) is 4.74. The van der Waals surface area contributed by atoms with Crippen LogP contribution in [0.15, 0.2) is 24.8 Å². The number of aromatic amines is 1. The van der Waals surface area contributed by atoms with Crippen LogP contribution in [-0.2, 0) is 0 Å². The second-order valence-electron chi connectivity index (χ2n) is 1.68. The molecule has 1 N–H and O–H groups in total. The zero-order valence-corrected chi connectivity index (χ0v) is 4.63. The van der Waals surface area contributed by atoms with Crippen molar-refractivity contribution in [1.29, 1.82) is 0 Å². The van der Waals surface area contributed by atoms with E-state index >= 15 is 0 Å². The summed E-state index contributed by atoms with van der Waals surface area (Å²) in [4.78, 5) is 2.86. The number of ether oxygens (including phenoxy) is 2. The Hall–Kier alpha value is -1.38. The third-order valence-corrected chi connectivity index (χ3v) is 1.11. The summed E-state index contributed by atoms with van der Waals surface area (Å²) < 4.78 is 10.0. The SMILES string of the molecule is C1=COc2[nH]ccc2O1. The van der Waals surface area contributed by atoms with Gasteiger partial charge in [0.1, 0.15) is 12.5 Å². The quantitative estimate of drug-likeness (QED) is 0.563. The van der Waals surface area contributed by atoms with Gasteiger partial charge in [-0.15, -0.1) is 0 Å². The van der Waals surface area contributed by atoms with E-state index in [1.807, 2.05) is 0 Å². The number of nitrogens with one attached hydrogen (secondary N) is 1. The topological polar surface area (TPSA) is 34.2 Å². The van der Waals surface area contributed by atoms with E-state index in [1.165, 1.54) is 12.5 Å². The molecule has 1 aromatic heterocycles. The van der Waals surface area contributed by atoms with Gasteiger partial charge in [-0.1, -0.05) is 0 Å². The van der Waals surface area contributed by atoms with Crippen LogP contribution in [0.2, 0.25) is 0 Å². The fraction of sp³-hybridized carbons (Fsp3) is 0. The molecule has 0 atom stereocenters. The highest BCUT2D eigenvalue weighted by Crippen LogP contribution is 2.27. The number of aromatic nitrogens is 1. The molecule has 2 rings (SSSR count). The smallest absolute Gasteiger partial charge is 0.240 e. The van der Waals surface area contributed by atoms with E-state index < -0.39 is 0 Å². The molecular formula is C6H5NO2. The molecule has 0 aromatic carbocycles. The molecular weight excluding hydrogens is 118 g/mol. The predicted molar refractivity (Wildman–Crippen MR) is 31.2 cm³/mol. The van der Waals surface area contributed by atoms with Crippen molar-refractivity contribution >= 4 is 0 Å². The monoisotopic (exact) mass is 123 g/mol. The first-order valence-corrected chi connectivity index (χ1v) is 2.62. The third kappa shape index (κ3) is 0.579. The molecule has 1 aliphatic rings. The van der Waals surface area contributed by atoms with Crippen LogP contribution in [0.5, 0.6) is 11.6 Å². The highest BCUT2D eigenvalue weighted by Gasteiger charge is 2.06. The summed E-state index contributed by atoms with van der Waals surface area (Å²) in [5.74, 6) is 1.40. The average molecular weight is 123 g/mol. The standard InChI is InChI=1S/C6H5NO2/c1-2-7-6-5(1)8-3-4-9-6/h1-4,7H. The van der Waals surface area contributed by atoms with Crippen LogP contribution in [0, 0.1) is 0 Å². The van der Waals surface area contributed by atoms with Gasteiger partial charge in [-0.2, -0.15) is 0 Å². The van der Waals surface area contributed by atoms with Crippen LogP contribution in [-0.4, -0.2) is 4.98 Å². The first-order valence-electron chi connectivity index (χ1n) is 2.62. The van der Waals surface area contributed by atoms with Crippen LogP contribution in [0.4, 0.5) is 0 Å². The Morgan fingerprint density at radius 2 is 2.11 bits per heavy atom. The van der Waals surface area contributed by atoms with Gasteiger partial charge in [-0.05, 0) is 0 Å². The molecule has 0 fully saturated rings. The summed E-state index contributed by atoms with van der Waals surface area (Å²) in [6, 6.07) is 1.80. The molecule has 2 heterocycles. The molecule has 46 valence electrons. The van der Waals surface area contributed by atoms with Crippen LogP contribution >= 0.6 is 0 Å². The molecule has 0 saturated carbocycles. The summed E-state index contributed by atoms with van der Waals surface area (Å²) in [7, 11) is 0. The summed E-state index contributed by atoms with van der Waals surface area (Å²) in [5.41, 5.74) is 0. The van der Waals surface area contributed by atoms with Crippen molar-refractivity contribution in [3.05, 3.63) is 24.8 Å². The maximum Gasteiger partial charge on any atom is 0.240 e. The van der Waals surface area contributed by atoms with Gasteiger partial charge in [0, 0.05) is 12.3 Å². The number of rotatable bonds is 0. The van der Waals surface area contributed by atoms with Crippen LogP contribution in [0.3, 0.4) is 0 Å². The molecule has 0 unspecified atom stereocenters. The minimum atomic E-state index is 0.664. The van der Waals surface area contributed by atoms with Crippen LogP contribution in [0.25, 0.3) is 0 Å². The molecule has 0 saturated heterocycles. The molecule has 0 amide bonds. The first kappa shape index (κ1) is 4.49. The molecule has 3 nitrogen and oxygen atoms in total. The van der Waals surface area contributed by atoms with E-state index in [0.29, 0.717) is 5.88 Å². The Balaban J connectivity index is 2.46. The maximum absolute atomic E-state index is 5.03. The normalized spacial score (nSPS) is 13.8. The minimum Gasteiger partial charge on any atom is -0.456 e. The van der Waals surface area contributed by atoms with E-state index in [-0.39, 0.29) is 0 Å². The van der Waals surface area contributed by atoms with Crippen molar-refractivity contribution in [3.63, 3.8) is 0 Å². The van der Waals surface area contributed by atoms with Crippen molar-refractivity contribution in [2.45, 2.75) is 0 Å². The molecule has 1 aliphatic heterocycles. The second-order valence-corrected chi connectivity index (χ2v) is 1.68. The van der Waals surface area contributed by atoms with E-state index in [2.05, 4.69) is 4.98 Å². The lowest BCUT2D eigenvalue weighted by atomic mass is 10.5. The Kier molecular flexibility index (Phi) is 0.773. The number of H-pyrrole nitrogens is 1. The molecule has 0 bridgehead atoms. The maximum atomic E-state index is 5.03.